The molecule has 2 aliphatic rings. The zero-order chi connectivity index (χ0) is 13.4. The summed E-state index contributed by atoms with van der Waals surface area (Å²) < 4.78 is 67.2. The van der Waals surface area contributed by atoms with Crippen LogP contribution >= 0.6 is 0 Å². The maximum Gasteiger partial charge on any atom is 0.490 e. The van der Waals surface area contributed by atoms with E-state index in [4.69, 9.17) is 9.90 Å². The molecule has 0 saturated carbocycles. The molecule has 8 heteroatoms. The third-order valence-corrected chi connectivity index (χ3v) is 1.75. The van der Waals surface area contributed by atoms with Crippen molar-refractivity contribution >= 4 is 5.97 Å². The van der Waals surface area contributed by atoms with Gasteiger partial charge in [-0.3, -0.25) is 0 Å². The highest BCUT2D eigenvalue weighted by Gasteiger charge is 2.38. The number of carboxylic acids is 1. The molecule has 2 aliphatic carbocycles. The van der Waals surface area contributed by atoms with E-state index in [0.29, 0.717) is 0 Å². The van der Waals surface area contributed by atoms with E-state index in [1.165, 1.54) is 0 Å². The van der Waals surface area contributed by atoms with Crippen LogP contribution in [0.5, 0.6) is 0 Å². The molecule has 0 aromatic heterocycles. The Kier molecular flexibility index (Phi) is 3.09. The van der Waals surface area contributed by atoms with Crippen LogP contribution in [0.25, 0.3) is 11.1 Å². The Morgan fingerprint density at radius 1 is 0.941 bits per heavy atom. The molecule has 94 valence electrons. The van der Waals surface area contributed by atoms with Gasteiger partial charge in [-0.2, -0.15) is 26.3 Å². The maximum absolute atomic E-state index is 11.8. The van der Waals surface area contributed by atoms with Crippen LogP contribution in [0.2, 0.25) is 0 Å². The van der Waals surface area contributed by atoms with Gasteiger partial charge in [0.05, 0.1) is 5.56 Å². The number of benzene rings is 1. The molecule has 0 unspecified atom stereocenters. The standard InChI is InChI=1S/C7H3F3.C2HF3O2/c8-7(9,10)6-2-4-1-5(4)3-6;3-2(4,5)1(6)7/h1-3H;(H,6,7). The van der Waals surface area contributed by atoms with Crippen molar-refractivity contribution in [2.24, 2.45) is 0 Å². The zero-order valence-electron chi connectivity index (χ0n) is 7.86. The topological polar surface area (TPSA) is 37.3 Å². The molecule has 2 nitrogen and oxygen atoms in total. The minimum Gasteiger partial charge on any atom is -0.475 e. The van der Waals surface area contributed by atoms with Crippen LogP contribution in [0.15, 0.2) is 18.2 Å². The first-order valence-corrected chi connectivity index (χ1v) is 4.04. The Bertz CT molecular complexity index is 426. The Hall–Kier alpha value is -1.73. The van der Waals surface area contributed by atoms with Crippen molar-refractivity contribution in [3.63, 3.8) is 0 Å². The SMILES string of the molecule is FC(F)(F)c1cc2cc-2c1.O=C(O)C(F)(F)F. The summed E-state index contributed by atoms with van der Waals surface area (Å²) in [5, 5.41) is 7.12. The van der Waals surface area contributed by atoms with Gasteiger partial charge in [-0.15, -0.1) is 0 Å². The average Bonchev–Trinajstić information content (AvgIpc) is 2.71. The van der Waals surface area contributed by atoms with Crippen molar-refractivity contribution in [2.45, 2.75) is 12.4 Å². The summed E-state index contributed by atoms with van der Waals surface area (Å²) in [4.78, 5) is 8.90. The largest absolute Gasteiger partial charge is 0.490 e. The highest BCUT2D eigenvalue weighted by atomic mass is 19.4. The fourth-order valence-electron chi connectivity index (χ4n) is 0.922. The normalized spacial score (nSPS) is 12.6. The van der Waals surface area contributed by atoms with Gasteiger partial charge in [-0.25, -0.2) is 4.79 Å². The Morgan fingerprint density at radius 3 is 1.47 bits per heavy atom. The summed E-state index contributed by atoms with van der Waals surface area (Å²) in [6.07, 6.45) is -9.25. The second-order valence-corrected chi connectivity index (χ2v) is 3.10. The highest BCUT2D eigenvalue weighted by Crippen LogP contribution is 2.42. The number of rotatable bonds is 0. The third kappa shape index (κ3) is 3.65. The molecular weight excluding hydrogens is 254 g/mol. The number of aliphatic carboxylic acids is 1. The van der Waals surface area contributed by atoms with Gasteiger partial charge < -0.3 is 5.11 Å². The summed E-state index contributed by atoms with van der Waals surface area (Å²) in [5.74, 6) is -2.76. The number of fused-ring (bicyclic) bond motifs is 1. The van der Waals surface area contributed by atoms with Gasteiger partial charge in [0, 0.05) is 0 Å². The molecule has 0 aromatic carbocycles. The molecule has 0 radical (unpaired) electrons. The third-order valence-electron chi connectivity index (χ3n) is 1.75. The van der Waals surface area contributed by atoms with Crippen LogP contribution in [0.4, 0.5) is 26.3 Å². The predicted molar refractivity (Wildman–Crippen MR) is 44.1 cm³/mol. The summed E-state index contributed by atoms with van der Waals surface area (Å²) in [7, 11) is 0. The van der Waals surface area contributed by atoms with Crippen LogP contribution in [-0.2, 0) is 11.0 Å². The summed E-state index contributed by atoms with van der Waals surface area (Å²) in [5.41, 5.74) is 0.930. The summed E-state index contributed by atoms with van der Waals surface area (Å²) in [6.45, 7) is 0. The maximum atomic E-state index is 11.8. The Labute approximate surface area is 90.5 Å². The summed E-state index contributed by atoms with van der Waals surface area (Å²) >= 11 is 0. The molecule has 0 aromatic rings. The fourth-order valence-corrected chi connectivity index (χ4v) is 0.922. The average molecular weight is 258 g/mol. The van der Waals surface area contributed by atoms with Crippen molar-refractivity contribution in [2.75, 3.05) is 0 Å². The second-order valence-electron chi connectivity index (χ2n) is 3.10. The van der Waals surface area contributed by atoms with E-state index in [1.54, 1.807) is 6.07 Å². The predicted octanol–water partition coefficient (Wildman–Crippen LogP) is 3.32. The van der Waals surface area contributed by atoms with Crippen LogP contribution in [0.1, 0.15) is 5.56 Å². The van der Waals surface area contributed by atoms with E-state index in [0.717, 1.165) is 23.3 Å². The van der Waals surface area contributed by atoms with Gasteiger partial charge in [-0.1, -0.05) is 0 Å². The minimum absolute atomic E-state index is 0.528. The van der Waals surface area contributed by atoms with Crippen molar-refractivity contribution in [3.05, 3.63) is 23.8 Å². The molecule has 17 heavy (non-hydrogen) atoms. The van der Waals surface area contributed by atoms with E-state index in [9.17, 15) is 26.3 Å². The number of halogens is 6. The van der Waals surface area contributed by atoms with Gasteiger partial charge in [0.25, 0.3) is 0 Å². The molecule has 0 atom stereocenters. The number of carboxylic acid groups (broad SMARTS) is 1. The number of hydrogen-bond donors (Lipinski definition) is 1. The minimum atomic E-state index is -5.08. The van der Waals surface area contributed by atoms with E-state index in [1.807, 2.05) is 0 Å². The molecule has 0 spiro atoms. The molecule has 0 saturated heterocycles. The zero-order valence-corrected chi connectivity index (χ0v) is 7.86. The molecule has 0 fully saturated rings. The molecule has 2 rings (SSSR count). The van der Waals surface area contributed by atoms with Gasteiger partial charge in [0.2, 0.25) is 0 Å². The number of hydrogen-bond acceptors (Lipinski definition) is 1. The molecule has 1 N–H and O–H groups in total. The van der Waals surface area contributed by atoms with Crippen molar-refractivity contribution in [3.8, 4) is 11.1 Å². The van der Waals surface area contributed by atoms with E-state index >= 15 is 0 Å². The van der Waals surface area contributed by atoms with E-state index in [2.05, 4.69) is 0 Å². The first-order valence-electron chi connectivity index (χ1n) is 4.04. The monoisotopic (exact) mass is 258 g/mol. The van der Waals surface area contributed by atoms with Crippen molar-refractivity contribution in [1.29, 1.82) is 0 Å². The fraction of sp³-hybridized carbons (Fsp3) is 0.222. The van der Waals surface area contributed by atoms with Crippen molar-refractivity contribution < 1.29 is 36.2 Å². The smallest absolute Gasteiger partial charge is 0.475 e. The first kappa shape index (κ1) is 13.3. The Morgan fingerprint density at radius 2 is 1.29 bits per heavy atom. The van der Waals surface area contributed by atoms with Crippen LogP contribution in [-0.4, -0.2) is 17.3 Å². The van der Waals surface area contributed by atoms with Gasteiger partial charge in [0.15, 0.2) is 0 Å². The van der Waals surface area contributed by atoms with Crippen LogP contribution in [0.3, 0.4) is 0 Å². The number of carbonyl (C=O) groups is 1. The lowest BCUT2D eigenvalue weighted by molar-refractivity contribution is -0.192. The van der Waals surface area contributed by atoms with Gasteiger partial charge in [-0.05, 0) is 29.3 Å². The van der Waals surface area contributed by atoms with Gasteiger partial charge >= 0.3 is 18.3 Å². The molecule has 0 aliphatic heterocycles. The highest BCUT2D eigenvalue weighted by molar-refractivity contribution is 5.82. The lowest BCUT2D eigenvalue weighted by Gasteiger charge is -2.00. The van der Waals surface area contributed by atoms with Crippen LogP contribution < -0.4 is 0 Å². The first-order chi connectivity index (χ1) is 7.51. The van der Waals surface area contributed by atoms with Crippen LogP contribution in [0, 0.1) is 0 Å². The molecular formula is C9H4F6O2. The van der Waals surface area contributed by atoms with E-state index in [-0.39, 0.29) is 0 Å². The molecule has 0 amide bonds. The second kappa shape index (κ2) is 3.94. The Balaban J connectivity index is 0.000000185. The van der Waals surface area contributed by atoms with E-state index < -0.39 is 23.9 Å². The number of alkyl halides is 6. The molecule has 0 heterocycles. The lowest BCUT2D eigenvalue weighted by Crippen LogP contribution is -2.21. The van der Waals surface area contributed by atoms with Crippen molar-refractivity contribution in [1.82, 2.24) is 0 Å². The quantitative estimate of drug-likeness (QED) is 0.736. The lowest BCUT2D eigenvalue weighted by atomic mass is 10.3. The summed E-state index contributed by atoms with van der Waals surface area (Å²) in [6, 6.07) is 4.04. The van der Waals surface area contributed by atoms with Gasteiger partial charge in [0.1, 0.15) is 0 Å². The molecule has 0 bridgehead atoms.